The average molecular weight is 240 g/mol. The summed E-state index contributed by atoms with van der Waals surface area (Å²) < 4.78 is 0. The van der Waals surface area contributed by atoms with Crippen molar-refractivity contribution in [3.63, 3.8) is 0 Å². The Bertz CT molecular complexity index is 504. The van der Waals surface area contributed by atoms with Crippen molar-refractivity contribution in [3.8, 4) is 0 Å². The molecule has 0 amide bonds. The highest BCUT2D eigenvalue weighted by Gasteiger charge is 2.18. The van der Waals surface area contributed by atoms with Crippen molar-refractivity contribution < 1.29 is 0 Å². The van der Waals surface area contributed by atoms with Crippen LogP contribution >= 0.6 is 0 Å². The SMILES string of the molecule is CC(C)(CN)c1cccc(Cc2ccccn2)c1. The van der Waals surface area contributed by atoms with Crippen LogP contribution in [-0.4, -0.2) is 11.5 Å². The molecule has 0 aliphatic carbocycles. The summed E-state index contributed by atoms with van der Waals surface area (Å²) >= 11 is 0. The lowest BCUT2D eigenvalue weighted by atomic mass is 9.84. The highest BCUT2D eigenvalue weighted by Crippen LogP contribution is 2.23. The predicted molar refractivity (Wildman–Crippen MR) is 75.6 cm³/mol. The summed E-state index contributed by atoms with van der Waals surface area (Å²) in [5.41, 5.74) is 9.53. The molecule has 2 aromatic rings. The van der Waals surface area contributed by atoms with E-state index < -0.39 is 0 Å². The van der Waals surface area contributed by atoms with Crippen molar-refractivity contribution in [2.45, 2.75) is 25.7 Å². The summed E-state index contributed by atoms with van der Waals surface area (Å²) in [4.78, 5) is 4.36. The van der Waals surface area contributed by atoms with Crippen LogP contribution in [0, 0.1) is 0 Å². The highest BCUT2D eigenvalue weighted by molar-refractivity contribution is 5.31. The zero-order chi connectivity index (χ0) is 13.0. The molecule has 0 spiro atoms. The Morgan fingerprint density at radius 2 is 1.94 bits per heavy atom. The Labute approximate surface area is 109 Å². The van der Waals surface area contributed by atoms with Crippen molar-refractivity contribution in [3.05, 3.63) is 65.5 Å². The summed E-state index contributed by atoms with van der Waals surface area (Å²) in [5.74, 6) is 0. The van der Waals surface area contributed by atoms with Gasteiger partial charge >= 0.3 is 0 Å². The lowest BCUT2D eigenvalue weighted by Crippen LogP contribution is -2.28. The molecule has 2 heteroatoms. The molecule has 2 rings (SSSR count). The van der Waals surface area contributed by atoms with Crippen LogP contribution in [0.25, 0.3) is 0 Å². The van der Waals surface area contributed by atoms with Crippen molar-refractivity contribution in [2.75, 3.05) is 6.54 Å². The van der Waals surface area contributed by atoms with E-state index in [2.05, 4.69) is 49.2 Å². The molecular formula is C16H20N2. The van der Waals surface area contributed by atoms with Gasteiger partial charge in [-0.15, -0.1) is 0 Å². The first-order valence-corrected chi connectivity index (χ1v) is 6.31. The van der Waals surface area contributed by atoms with Gasteiger partial charge in [-0.25, -0.2) is 0 Å². The summed E-state index contributed by atoms with van der Waals surface area (Å²) in [6, 6.07) is 14.7. The molecule has 1 heterocycles. The van der Waals surface area contributed by atoms with Crippen LogP contribution in [0.3, 0.4) is 0 Å². The fourth-order valence-electron chi connectivity index (χ4n) is 1.93. The monoisotopic (exact) mass is 240 g/mol. The van der Waals surface area contributed by atoms with Crippen molar-refractivity contribution in [1.29, 1.82) is 0 Å². The fourth-order valence-corrected chi connectivity index (χ4v) is 1.93. The number of hydrogen-bond donors (Lipinski definition) is 1. The standard InChI is InChI=1S/C16H20N2/c1-16(2,12-17)14-7-5-6-13(10-14)11-15-8-3-4-9-18-15/h3-10H,11-12,17H2,1-2H3. The molecule has 1 aromatic carbocycles. The summed E-state index contributed by atoms with van der Waals surface area (Å²) in [6.07, 6.45) is 2.71. The van der Waals surface area contributed by atoms with E-state index in [4.69, 9.17) is 5.73 Å². The maximum Gasteiger partial charge on any atom is 0.0447 e. The van der Waals surface area contributed by atoms with Gasteiger partial charge in [0.05, 0.1) is 0 Å². The molecule has 0 bridgehead atoms. The van der Waals surface area contributed by atoms with E-state index >= 15 is 0 Å². The van der Waals surface area contributed by atoms with Crippen molar-refractivity contribution in [2.24, 2.45) is 5.73 Å². The minimum atomic E-state index is 0.0279. The Morgan fingerprint density at radius 3 is 2.61 bits per heavy atom. The van der Waals surface area contributed by atoms with Crippen LogP contribution in [-0.2, 0) is 11.8 Å². The molecule has 18 heavy (non-hydrogen) atoms. The first-order valence-electron chi connectivity index (χ1n) is 6.31. The van der Waals surface area contributed by atoms with Gasteiger partial charge in [0.25, 0.3) is 0 Å². The van der Waals surface area contributed by atoms with E-state index in [1.54, 1.807) is 0 Å². The third-order valence-electron chi connectivity index (χ3n) is 3.33. The van der Waals surface area contributed by atoms with E-state index in [-0.39, 0.29) is 5.41 Å². The molecule has 0 atom stereocenters. The maximum absolute atomic E-state index is 5.83. The average Bonchev–Trinajstić information content (AvgIpc) is 2.40. The number of aromatic nitrogens is 1. The molecule has 0 saturated heterocycles. The van der Waals surface area contributed by atoms with E-state index in [1.807, 2.05) is 18.3 Å². The number of benzene rings is 1. The zero-order valence-corrected chi connectivity index (χ0v) is 11.1. The van der Waals surface area contributed by atoms with E-state index in [9.17, 15) is 0 Å². The van der Waals surface area contributed by atoms with Crippen LogP contribution < -0.4 is 5.73 Å². The molecular weight excluding hydrogens is 220 g/mol. The highest BCUT2D eigenvalue weighted by atomic mass is 14.7. The number of hydrogen-bond acceptors (Lipinski definition) is 2. The molecule has 0 saturated carbocycles. The van der Waals surface area contributed by atoms with Crippen molar-refractivity contribution in [1.82, 2.24) is 4.98 Å². The zero-order valence-electron chi connectivity index (χ0n) is 11.1. The second kappa shape index (κ2) is 5.32. The predicted octanol–water partition coefficient (Wildman–Crippen LogP) is 2.91. The van der Waals surface area contributed by atoms with Crippen LogP contribution in [0.15, 0.2) is 48.7 Å². The van der Waals surface area contributed by atoms with Gasteiger partial charge in [0, 0.05) is 30.3 Å². The Morgan fingerprint density at radius 1 is 1.11 bits per heavy atom. The Kier molecular flexibility index (Phi) is 3.78. The second-order valence-corrected chi connectivity index (χ2v) is 5.29. The lowest BCUT2D eigenvalue weighted by Gasteiger charge is -2.23. The number of pyridine rings is 1. The van der Waals surface area contributed by atoms with E-state index in [0.29, 0.717) is 6.54 Å². The molecule has 0 unspecified atom stereocenters. The van der Waals surface area contributed by atoms with Crippen LogP contribution in [0.1, 0.15) is 30.7 Å². The molecule has 0 radical (unpaired) electrons. The first-order chi connectivity index (χ1) is 8.62. The van der Waals surface area contributed by atoms with Gasteiger partial charge in [-0.3, -0.25) is 4.98 Å². The fraction of sp³-hybridized carbons (Fsp3) is 0.312. The Balaban J connectivity index is 2.23. The third-order valence-corrected chi connectivity index (χ3v) is 3.33. The lowest BCUT2D eigenvalue weighted by molar-refractivity contribution is 0.538. The summed E-state index contributed by atoms with van der Waals surface area (Å²) in [6.45, 7) is 5.00. The second-order valence-electron chi connectivity index (χ2n) is 5.29. The van der Waals surface area contributed by atoms with E-state index in [0.717, 1.165) is 12.1 Å². The molecule has 94 valence electrons. The Hall–Kier alpha value is -1.67. The molecule has 2 N–H and O–H groups in total. The van der Waals surface area contributed by atoms with Crippen LogP contribution in [0.2, 0.25) is 0 Å². The van der Waals surface area contributed by atoms with Crippen LogP contribution in [0.5, 0.6) is 0 Å². The summed E-state index contributed by atoms with van der Waals surface area (Å²) in [7, 11) is 0. The first kappa shape index (κ1) is 12.8. The van der Waals surface area contributed by atoms with Gasteiger partial charge in [0.15, 0.2) is 0 Å². The quantitative estimate of drug-likeness (QED) is 0.892. The van der Waals surface area contributed by atoms with Gasteiger partial charge in [-0.05, 0) is 23.3 Å². The maximum atomic E-state index is 5.83. The number of rotatable bonds is 4. The molecule has 2 nitrogen and oxygen atoms in total. The number of nitrogens with zero attached hydrogens (tertiary/aromatic N) is 1. The molecule has 1 aromatic heterocycles. The topological polar surface area (TPSA) is 38.9 Å². The largest absolute Gasteiger partial charge is 0.330 e. The van der Waals surface area contributed by atoms with Gasteiger partial charge in [-0.2, -0.15) is 0 Å². The van der Waals surface area contributed by atoms with Gasteiger partial charge < -0.3 is 5.73 Å². The molecule has 0 aliphatic heterocycles. The molecule has 0 aliphatic rings. The van der Waals surface area contributed by atoms with Crippen LogP contribution in [0.4, 0.5) is 0 Å². The third kappa shape index (κ3) is 2.96. The molecule has 0 fully saturated rings. The minimum absolute atomic E-state index is 0.0279. The minimum Gasteiger partial charge on any atom is -0.330 e. The smallest absolute Gasteiger partial charge is 0.0447 e. The van der Waals surface area contributed by atoms with Gasteiger partial charge in [0.1, 0.15) is 0 Å². The van der Waals surface area contributed by atoms with Gasteiger partial charge in [-0.1, -0.05) is 44.2 Å². The summed E-state index contributed by atoms with van der Waals surface area (Å²) in [5, 5.41) is 0. The number of nitrogens with two attached hydrogens (primary N) is 1. The normalized spacial score (nSPS) is 11.5. The van der Waals surface area contributed by atoms with Gasteiger partial charge in [0.2, 0.25) is 0 Å². The van der Waals surface area contributed by atoms with Crippen molar-refractivity contribution >= 4 is 0 Å². The van der Waals surface area contributed by atoms with E-state index in [1.165, 1.54) is 11.1 Å².